The molecule has 0 saturated carbocycles. The van der Waals surface area contributed by atoms with Gasteiger partial charge in [0.25, 0.3) is 0 Å². The smallest absolute Gasteiger partial charge is 0.204 e. The van der Waals surface area contributed by atoms with Crippen LogP contribution < -0.4 is 14.8 Å². The third-order valence-electron chi connectivity index (χ3n) is 5.43. The van der Waals surface area contributed by atoms with E-state index in [0.717, 1.165) is 42.7 Å². The van der Waals surface area contributed by atoms with E-state index in [-0.39, 0.29) is 5.92 Å². The molecule has 0 spiro atoms. The molecule has 174 valence electrons. The Kier molecular flexibility index (Phi) is 7.88. The van der Waals surface area contributed by atoms with Crippen molar-refractivity contribution in [3.63, 3.8) is 0 Å². The quantitative estimate of drug-likeness (QED) is 0.395. The van der Waals surface area contributed by atoms with Crippen LogP contribution in [-0.2, 0) is 4.79 Å². The van der Waals surface area contributed by atoms with Crippen molar-refractivity contribution in [2.24, 2.45) is 5.92 Å². The third kappa shape index (κ3) is 5.29. The van der Waals surface area contributed by atoms with Gasteiger partial charge in [0.15, 0.2) is 17.3 Å². The number of methoxy groups -OCH3 is 2. The van der Waals surface area contributed by atoms with Gasteiger partial charge >= 0.3 is 0 Å². The van der Waals surface area contributed by atoms with Gasteiger partial charge in [0, 0.05) is 37.4 Å². The number of nitrogens with zero attached hydrogens (tertiary/aromatic N) is 4. The Balaban J connectivity index is 1.80. The van der Waals surface area contributed by atoms with E-state index in [9.17, 15) is 4.79 Å². The molecule has 0 bridgehead atoms. The molecule has 0 aliphatic rings. The zero-order chi connectivity index (χ0) is 23.3. The number of ether oxygens (including phenoxy) is 2. The predicted molar refractivity (Wildman–Crippen MR) is 127 cm³/mol. The first kappa shape index (κ1) is 23.8. The Morgan fingerprint density at radius 1 is 1.03 bits per heavy atom. The number of ketones is 1. The highest BCUT2D eigenvalue weighted by Crippen LogP contribution is 2.34. The maximum Gasteiger partial charge on any atom is 0.204 e. The maximum atomic E-state index is 11.9. The van der Waals surface area contributed by atoms with Gasteiger partial charge in [0.1, 0.15) is 11.6 Å². The number of unbranched alkanes of at least 4 members (excludes halogenated alkanes) is 2. The van der Waals surface area contributed by atoms with E-state index in [0.29, 0.717) is 47.5 Å². The molecular weight excluding hydrogens is 406 g/mol. The van der Waals surface area contributed by atoms with Crippen molar-refractivity contribution >= 4 is 28.3 Å². The molecule has 0 radical (unpaired) electrons. The van der Waals surface area contributed by atoms with Crippen molar-refractivity contribution in [1.29, 1.82) is 0 Å². The van der Waals surface area contributed by atoms with E-state index in [2.05, 4.69) is 43.2 Å². The molecule has 8 nitrogen and oxygen atoms in total. The topological polar surface area (TPSA) is 90.6 Å². The fourth-order valence-electron chi connectivity index (χ4n) is 3.86. The molecule has 3 aromatic rings. The van der Waals surface area contributed by atoms with Gasteiger partial charge in [0.05, 0.1) is 25.3 Å². The second-order valence-corrected chi connectivity index (χ2v) is 8.90. The Morgan fingerprint density at radius 2 is 1.75 bits per heavy atom. The third-order valence-corrected chi connectivity index (χ3v) is 5.43. The van der Waals surface area contributed by atoms with Crippen molar-refractivity contribution in [3.8, 4) is 11.5 Å². The summed E-state index contributed by atoms with van der Waals surface area (Å²) in [6, 6.07) is 3.80. The normalized spacial score (nSPS) is 11.6. The molecule has 1 N–H and O–H groups in total. The van der Waals surface area contributed by atoms with Crippen LogP contribution in [0.15, 0.2) is 12.1 Å². The molecule has 0 unspecified atom stereocenters. The highest BCUT2D eigenvalue weighted by atomic mass is 16.5. The number of fused-ring (bicyclic) bond motifs is 3. The van der Waals surface area contributed by atoms with Crippen LogP contribution in [0, 0.1) is 5.92 Å². The molecule has 32 heavy (non-hydrogen) atoms. The van der Waals surface area contributed by atoms with E-state index < -0.39 is 0 Å². The van der Waals surface area contributed by atoms with Gasteiger partial charge in [-0.1, -0.05) is 34.1 Å². The molecule has 0 aliphatic heterocycles. The number of carbonyl (C=O) groups is 1. The number of aromatic nitrogens is 4. The largest absolute Gasteiger partial charge is 0.493 e. The van der Waals surface area contributed by atoms with Gasteiger partial charge < -0.3 is 14.8 Å². The minimum absolute atomic E-state index is 0.194. The van der Waals surface area contributed by atoms with E-state index >= 15 is 0 Å². The fourth-order valence-corrected chi connectivity index (χ4v) is 3.86. The number of Topliss-reactive ketones (excluding diaryl/α,β-unsaturated/α-hetero) is 1. The Morgan fingerprint density at radius 3 is 2.41 bits per heavy atom. The van der Waals surface area contributed by atoms with Gasteiger partial charge in [-0.05, 0) is 18.8 Å². The maximum absolute atomic E-state index is 11.9. The van der Waals surface area contributed by atoms with E-state index in [1.165, 1.54) is 0 Å². The van der Waals surface area contributed by atoms with Crippen LogP contribution in [0.4, 0.5) is 5.82 Å². The lowest BCUT2D eigenvalue weighted by molar-refractivity contribution is -0.119. The van der Waals surface area contributed by atoms with Crippen LogP contribution in [0.1, 0.15) is 71.5 Å². The van der Waals surface area contributed by atoms with Gasteiger partial charge in [-0.15, -0.1) is 10.2 Å². The number of rotatable bonds is 12. The summed E-state index contributed by atoms with van der Waals surface area (Å²) in [4.78, 5) is 16.7. The lowest BCUT2D eigenvalue weighted by Crippen LogP contribution is -2.08. The van der Waals surface area contributed by atoms with Gasteiger partial charge in [-0.2, -0.15) is 0 Å². The molecule has 0 aliphatic carbocycles. The average molecular weight is 442 g/mol. The Hall–Kier alpha value is -2.90. The minimum Gasteiger partial charge on any atom is -0.493 e. The van der Waals surface area contributed by atoms with Gasteiger partial charge in [-0.3, -0.25) is 9.20 Å². The van der Waals surface area contributed by atoms with Gasteiger partial charge in [0.2, 0.25) is 5.65 Å². The summed E-state index contributed by atoms with van der Waals surface area (Å²) in [6.07, 6.45) is 4.22. The first-order chi connectivity index (χ1) is 15.3. The highest BCUT2D eigenvalue weighted by molar-refractivity contribution is 5.86. The van der Waals surface area contributed by atoms with Crippen LogP contribution >= 0.6 is 0 Å². The molecule has 8 heteroatoms. The van der Waals surface area contributed by atoms with Crippen LogP contribution in [0.3, 0.4) is 0 Å². The number of carbonyl (C=O) groups excluding carboxylic acids is 1. The first-order valence-corrected chi connectivity index (χ1v) is 11.4. The molecule has 0 atom stereocenters. The molecule has 0 amide bonds. The van der Waals surface area contributed by atoms with Crippen molar-refractivity contribution in [1.82, 2.24) is 19.6 Å². The zero-order valence-electron chi connectivity index (χ0n) is 20.1. The minimum atomic E-state index is 0.194. The van der Waals surface area contributed by atoms with Crippen LogP contribution in [0.2, 0.25) is 0 Å². The van der Waals surface area contributed by atoms with Crippen molar-refractivity contribution in [2.75, 3.05) is 26.1 Å². The number of nitrogens with one attached hydrogen (secondary N) is 1. The summed E-state index contributed by atoms with van der Waals surface area (Å²) >= 11 is 0. The number of hydrogen-bond donors (Lipinski definition) is 1. The number of hydrogen-bond acceptors (Lipinski definition) is 7. The first-order valence-electron chi connectivity index (χ1n) is 11.4. The molecule has 2 heterocycles. The standard InChI is InChI=1S/C24H35N5O3/c1-15(2)12-17(30)10-8-7-9-11-25-22-24-28-27-23(16(3)4)29(24)19-14-21(32-6)20(31-5)13-18(19)26-22/h13-16H,7-12H2,1-6H3,(H,25,26). The summed E-state index contributed by atoms with van der Waals surface area (Å²) in [7, 11) is 3.24. The van der Waals surface area contributed by atoms with E-state index in [4.69, 9.17) is 14.5 Å². The molecule has 0 saturated heterocycles. The summed E-state index contributed by atoms with van der Waals surface area (Å²) < 4.78 is 13.0. The Labute approximate surface area is 189 Å². The average Bonchev–Trinajstić information content (AvgIpc) is 3.20. The lowest BCUT2D eigenvalue weighted by Gasteiger charge is -2.14. The van der Waals surface area contributed by atoms with Crippen LogP contribution in [0.25, 0.3) is 16.7 Å². The Bertz CT molecular complexity index is 1070. The zero-order valence-corrected chi connectivity index (χ0v) is 20.1. The number of benzene rings is 1. The SMILES string of the molecule is COc1cc2nc(NCCCCCC(=O)CC(C)C)c3nnc(C(C)C)n3c2cc1OC. The van der Waals surface area contributed by atoms with Crippen molar-refractivity contribution in [2.45, 2.75) is 65.7 Å². The number of anilines is 1. The molecule has 3 rings (SSSR count). The van der Waals surface area contributed by atoms with Crippen LogP contribution in [-0.4, -0.2) is 46.1 Å². The molecule has 2 aromatic heterocycles. The van der Waals surface area contributed by atoms with Gasteiger partial charge in [-0.25, -0.2) is 4.98 Å². The fraction of sp³-hybridized carbons (Fsp3) is 0.583. The van der Waals surface area contributed by atoms with Crippen molar-refractivity contribution in [3.05, 3.63) is 18.0 Å². The second-order valence-electron chi connectivity index (χ2n) is 8.90. The molecular formula is C24H35N5O3. The summed E-state index contributed by atoms with van der Waals surface area (Å²) in [6.45, 7) is 9.11. The van der Waals surface area contributed by atoms with Crippen LogP contribution in [0.5, 0.6) is 11.5 Å². The summed E-state index contributed by atoms with van der Waals surface area (Å²) in [5.74, 6) is 3.82. The lowest BCUT2D eigenvalue weighted by atomic mass is 10.0. The molecule has 1 aromatic carbocycles. The summed E-state index contributed by atoms with van der Waals surface area (Å²) in [5, 5.41) is 12.3. The monoisotopic (exact) mass is 441 g/mol. The van der Waals surface area contributed by atoms with E-state index in [1.807, 2.05) is 16.5 Å². The van der Waals surface area contributed by atoms with E-state index in [1.54, 1.807) is 14.2 Å². The predicted octanol–water partition coefficient (Wildman–Crippen LogP) is 5.01. The molecule has 0 fully saturated rings. The highest BCUT2D eigenvalue weighted by Gasteiger charge is 2.19. The summed E-state index contributed by atoms with van der Waals surface area (Å²) in [5.41, 5.74) is 2.35. The van der Waals surface area contributed by atoms with Crippen molar-refractivity contribution < 1.29 is 14.3 Å². The second kappa shape index (κ2) is 10.6.